The van der Waals surface area contributed by atoms with Crippen molar-refractivity contribution >= 4 is 23.2 Å². The van der Waals surface area contributed by atoms with Gasteiger partial charge in [0.15, 0.2) is 10.9 Å². The third-order valence-corrected chi connectivity index (χ3v) is 4.31. The Morgan fingerprint density at radius 1 is 1.32 bits per heavy atom. The summed E-state index contributed by atoms with van der Waals surface area (Å²) in [7, 11) is 0. The van der Waals surface area contributed by atoms with Gasteiger partial charge in [-0.05, 0) is 55.4 Å². The Morgan fingerprint density at radius 3 is 2.84 bits per heavy atom. The summed E-state index contributed by atoms with van der Waals surface area (Å²) in [4.78, 5) is 11.6. The van der Waals surface area contributed by atoms with E-state index in [2.05, 4.69) is 16.2 Å². The average molecular weight is 279 g/mol. The zero-order chi connectivity index (χ0) is 13.2. The monoisotopic (exact) mass is 279 g/mol. The van der Waals surface area contributed by atoms with Gasteiger partial charge in [0.2, 0.25) is 0 Å². The third kappa shape index (κ3) is 2.73. The molecule has 102 valence electrons. The van der Waals surface area contributed by atoms with Crippen LogP contribution in [-0.4, -0.2) is 17.1 Å². The number of carbonyl (C=O) groups excluding carboxylic acids is 1. The van der Waals surface area contributed by atoms with Gasteiger partial charge < -0.3 is 9.73 Å². The van der Waals surface area contributed by atoms with Gasteiger partial charge in [0.05, 0.1) is 6.26 Å². The molecule has 3 N–H and O–H groups in total. The third-order valence-electron chi connectivity index (χ3n) is 4.09. The van der Waals surface area contributed by atoms with Gasteiger partial charge in [0.1, 0.15) is 0 Å². The molecule has 6 heteroatoms. The number of carbonyl (C=O) groups is 1. The predicted octanol–water partition coefficient (Wildman–Crippen LogP) is 1.58. The van der Waals surface area contributed by atoms with Crippen molar-refractivity contribution in [3.8, 4) is 0 Å². The van der Waals surface area contributed by atoms with E-state index in [1.807, 2.05) is 0 Å². The standard InChI is InChI=1S/C13H17N3O2S/c17-12(11-2-1-5-18-11)15-16-13(19)14-10-7-8-3-4-9(10)6-8/h1-2,5,8-10H,3-4,6-7H2,(H,15,17)(H2,14,16,19)/t8-,9-,10+/m0/s1. The molecule has 0 saturated heterocycles. The molecule has 0 unspecified atom stereocenters. The molecule has 1 heterocycles. The fraction of sp³-hybridized carbons (Fsp3) is 0.538. The molecule has 2 saturated carbocycles. The lowest BCUT2D eigenvalue weighted by molar-refractivity contribution is 0.0915. The van der Waals surface area contributed by atoms with Crippen LogP contribution >= 0.6 is 12.2 Å². The molecule has 0 aliphatic heterocycles. The molecule has 3 atom stereocenters. The fourth-order valence-electron chi connectivity index (χ4n) is 3.21. The van der Waals surface area contributed by atoms with Crippen LogP contribution in [0.25, 0.3) is 0 Å². The summed E-state index contributed by atoms with van der Waals surface area (Å²) >= 11 is 5.19. The number of furan rings is 1. The van der Waals surface area contributed by atoms with Gasteiger partial charge in [-0.3, -0.25) is 15.6 Å². The van der Waals surface area contributed by atoms with Crippen LogP contribution in [0.15, 0.2) is 22.8 Å². The van der Waals surface area contributed by atoms with Crippen LogP contribution in [-0.2, 0) is 0 Å². The molecule has 3 rings (SSSR count). The molecule has 19 heavy (non-hydrogen) atoms. The van der Waals surface area contributed by atoms with E-state index in [0.717, 1.165) is 11.8 Å². The SMILES string of the molecule is O=C(NNC(=S)N[C@@H]1C[C@H]2CC[C@H]1C2)c1ccco1. The molecule has 1 aromatic heterocycles. The summed E-state index contributed by atoms with van der Waals surface area (Å²) in [6.45, 7) is 0. The molecular weight excluding hydrogens is 262 g/mol. The van der Waals surface area contributed by atoms with E-state index in [4.69, 9.17) is 16.6 Å². The van der Waals surface area contributed by atoms with Gasteiger partial charge in [0.25, 0.3) is 0 Å². The molecular formula is C13H17N3O2S. The number of hydrogen-bond donors (Lipinski definition) is 3. The number of fused-ring (bicyclic) bond motifs is 2. The molecule has 0 aromatic carbocycles. The predicted molar refractivity (Wildman–Crippen MR) is 74.3 cm³/mol. The lowest BCUT2D eigenvalue weighted by Gasteiger charge is -2.24. The highest BCUT2D eigenvalue weighted by Gasteiger charge is 2.39. The van der Waals surface area contributed by atoms with Crippen molar-refractivity contribution in [1.29, 1.82) is 0 Å². The summed E-state index contributed by atoms with van der Waals surface area (Å²) in [5.74, 6) is 1.53. The van der Waals surface area contributed by atoms with Gasteiger partial charge in [-0.15, -0.1) is 0 Å². The van der Waals surface area contributed by atoms with Crippen molar-refractivity contribution in [1.82, 2.24) is 16.2 Å². The Kier molecular flexibility index (Phi) is 3.42. The molecule has 5 nitrogen and oxygen atoms in total. The van der Waals surface area contributed by atoms with Crippen molar-refractivity contribution in [2.24, 2.45) is 11.8 Å². The number of hydrazine groups is 1. The molecule has 0 spiro atoms. The lowest BCUT2D eigenvalue weighted by Crippen LogP contribution is -2.50. The number of rotatable bonds is 2. The normalized spacial score (nSPS) is 28.1. The van der Waals surface area contributed by atoms with Crippen LogP contribution in [0.5, 0.6) is 0 Å². The average Bonchev–Trinajstić information content (AvgIpc) is 3.12. The van der Waals surface area contributed by atoms with Gasteiger partial charge in [0, 0.05) is 6.04 Å². The largest absolute Gasteiger partial charge is 0.459 e. The molecule has 1 aromatic rings. The first kappa shape index (κ1) is 12.5. The Bertz CT molecular complexity index is 474. The Balaban J connectivity index is 1.43. The van der Waals surface area contributed by atoms with E-state index >= 15 is 0 Å². The summed E-state index contributed by atoms with van der Waals surface area (Å²) in [5.41, 5.74) is 5.23. The first-order valence-corrected chi connectivity index (χ1v) is 7.03. The van der Waals surface area contributed by atoms with Crippen molar-refractivity contribution < 1.29 is 9.21 Å². The van der Waals surface area contributed by atoms with Gasteiger partial charge >= 0.3 is 5.91 Å². The van der Waals surface area contributed by atoms with Crippen LogP contribution in [0, 0.1) is 11.8 Å². The van der Waals surface area contributed by atoms with Gasteiger partial charge in [-0.1, -0.05) is 6.42 Å². The van der Waals surface area contributed by atoms with Crippen molar-refractivity contribution in [2.45, 2.75) is 31.7 Å². The second kappa shape index (κ2) is 5.21. The molecule has 1 amide bonds. The number of nitrogens with one attached hydrogen (secondary N) is 3. The van der Waals surface area contributed by atoms with E-state index in [9.17, 15) is 4.79 Å². The smallest absolute Gasteiger partial charge is 0.305 e. The van der Waals surface area contributed by atoms with E-state index in [0.29, 0.717) is 11.2 Å². The molecule has 2 aliphatic rings. The van der Waals surface area contributed by atoms with Crippen LogP contribution in [0.1, 0.15) is 36.2 Å². The highest BCUT2D eigenvalue weighted by Crippen LogP contribution is 2.44. The highest BCUT2D eigenvalue weighted by molar-refractivity contribution is 7.80. The molecule has 0 radical (unpaired) electrons. The quantitative estimate of drug-likeness (QED) is 0.566. The topological polar surface area (TPSA) is 66.3 Å². The number of hydrogen-bond acceptors (Lipinski definition) is 3. The maximum atomic E-state index is 11.6. The minimum absolute atomic E-state index is 0.259. The molecule has 2 bridgehead atoms. The summed E-state index contributed by atoms with van der Waals surface area (Å²) in [6, 6.07) is 3.73. The van der Waals surface area contributed by atoms with Gasteiger partial charge in [-0.2, -0.15) is 0 Å². The van der Waals surface area contributed by atoms with E-state index < -0.39 is 0 Å². The lowest BCUT2D eigenvalue weighted by atomic mass is 9.96. The highest BCUT2D eigenvalue weighted by atomic mass is 32.1. The Labute approximate surface area is 117 Å². The van der Waals surface area contributed by atoms with E-state index in [1.54, 1.807) is 12.1 Å². The van der Waals surface area contributed by atoms with Crippen LogP contribution < -0.4 is 16.2 Å². The fourth-order valence-corrected chi connectivity index (χ4v) is 3.41. The Morgan fingerprint density at radius 2 is 2.21 bits per heavy atom. The molecule has 2 fully saturated rings. The Hall–Kier alpha value is -1.56. The zero-order valence-corrected chi connectivity index (χ0v) is 11.3. The maximum Gasteiger partial charge on any atom is 0.305 e. The molecule has 2 aliphatic carbocycles. The second-order valence-corrected chi connectivity index (χ2v) is 5.72. The first-order chi connectivity index (χ1) is 9.22. The first-order valence-electron chi connectivity index (χ1n) is 6.62. The summed E-state index contributed by atoms with van der Waals surface area (Å²) < 4.78 is 4.99. The van der Waals surface area contributed by atoms with E-state index in [1.165, 1.54) is 31.9 Å². The zero-order valence-electron chi connectivity index (χ0n) is 10.5. The van der Waals surface area contributed by atoms with Crippen molar-refractivity contribution in [3.63, 3.8) is 0 Å². The minimum Gasteiger partial charge on any atom is -0.459 e. The van der Waals surface area contributed by atoms with Crippen molar-refractivity contribution in [2.75, 3.05) is 0 Å². The van der Waals surface area contributed by atoms with Crippen molar-refractivity contribution in [3.05, 3.63) is 24.2 Å². The second-order valence-electron chi connectivity index (χ2n) is 5.31. The minimum atomic E-state index is -0.331. The maximum absolute atomic E-state index is 11.6. The van der Waals surface area contributed by atoms with Crippen LogP contribution in [0.2, 0.25) is 0 Å². The number of amides is 1. The number of thiocarbonyl (C=S) groups is 1. The summed E-state index contributed by atoms with van der Waals surface area (Å²) in [6.07, 6.45) is 6.63. The van der Waals surface area contributed by atoms with Crippen LogP contribution in [0.3, 0.4) is 0 Å². The van der Waals surface area contributed by atoms with Crippen LogP contribution in [0.4, 0.5) is 0 Å². The summed E-state index contributed by atoms with van der Waals surface area (Å²) in [5, 5.41) is 3.76. The van der Waals surface area contributed by atoms with E-state index in [-0.39, 0.29) is 11.7 Å². The van der Waals surface area contributed by atoms with Gasteiger partial charge in [-0.25, -0.2) is 0 Å².